The fraction of sp³-hybridized carbons (Fsp3) is 0.400. The van der Waals surface area contributed by atoms with Crippen molar-refractivity contribution in [3.63, 3.8) is 0 Å². The molecule has 2 rings (SSSR count). The number of para-hydroxylation sites is 1. The fourth-order valence-electron chi connectivity index (χ4n) is 2.17. The summed E-state index contributed by atoms with van der Waals surface area (Å²) in [6.07, 6.45) is -0.380. The largest absolute Gasteiger partial charge is 0.450 e. The number of ether oxygens (including phenoxy) is 1. The molecule has 0 bridgehead atoms. The van der Waals surface area contributed by atoms with Gasteiger partial charge in [0, 0.05) is 31.9 Å². The second-order valence-electron chi connectivity index (χ2n) is 4.92. The molecule has 1 aliphatic heterocycles. The molecule has 2 N–H and O–H groups in total. The first kappa shape index (κ1) is 19.6. The number of urea groups is 2. The highest BCUT2D eigenvalue weighted by Gasteiger charge is 2.25. The van der Waals surface area contributed by atoms with Crippen molar-refractivity contribution < 1.29 is 19.1 Å². The smallest absolute Gasteiger partial charge is 0.409 e. The lowest BCUT2D eigenvalue weighted by atomic mass is 10.3. The number of piperazine rings is 1. The summed E-state index contributed by atoms with van der Waals surface area (Å²) in [6, 6.07) is 7.77. The Bertz CT molecular complexity index is 562. The summed E-state index contributed by atoms with van der Waals surface area (Å²) < 4.78 is 4.91. The Labute approximate surface area is 146 Å². The minimum atomic E-state index is -0.589. The van der Waals surface area contributed by atoms with Gasteiger partial charge in [-0.3, -0.25) is 5.32 Å². The van der Waals surface area contributed by atoms with Gasteiger partial charge in [-0.15, -0.1) is 12.4 Å². The molecule has 0 aliphatic carbocycles. The van der Waals surface area contributed by atoms with E-state index in [0.717, 1.165) is 0 Å². The zero-order valence-corrected chi connectivity index (χ0v) is 14.2. The molecule has 0 unspecified atom stereocenters. The van der Waals surface area contributed by atoms with Gasteiger partial charge in [-0.05, 0) is 19.1 Å². The highest BCUT2D eigenvalue weighted by atomic mass is 35.5. The number of carbonyl (C=O) groups is 3. The Balaban J connectivity index is 0.00000288. The van der Waals surface area contributed by atoms with Crippen molar-refractivity contribution in [2.45, 2.75) is 6.92 Å². The number of carbonyl (C=O) groups excluding carboxylic acids is 3. The van der Waals surface area contributed by atoms with E-state index in [-0.39, 0.29) is 18.5 Å². The van der Waals surface area contributed by atoms with Crippen LogP contribution >= 0.6 is 12.4 Å². The minimum absolute atomic E-state index is 0. The van der Waals surface area contributed by atoms with E-state index >= 15 is 0 Å². The van der Waals surface area contributed by atoms with Crippen molar-refractivity contribution in [1.82, 2.24) is 15.1 Å². The molecule has 0 atom stereocenters. The summed E-state index contributed by atoms with van der Waals surface area (Å²) in [5.74, 6) is 0. The minimum Gasteiger partial charge on any atom is -0.450 e. The molecule has 0 radical (unpaired) electrons. The molecule has 132 valence electrons. The van der Waals surface area contributed by atoms with E-state index in [9.17, 15) is 14.4 Å². The van der Waals surface area contributed by atoms with Crippen LogP contribution in [-0.4, -0.2) is 60.7 Å². The number of rotatable bonds is 2. The number of halogens is 1. The standard InChI is InChI=1S/C15H20N4O4.ClH/c1-2-23-15(22)19-10-8-18(9-11-19)14(21)17-13(20)16-12-6-4-3-5-7-12;/h3-7H,2,8-11H2,1H3,(H2,16,17,20,21);1H. The Morgan fingerprint density at radius 2 is 1.62 bits per heavy atom. The Morgan fingerprint density at radius 1 is 1.04 bits per heavy atom. The maximum absolute atomic E-state index is 12.0. The average molecular weight is 357 g/mol. The SMILES string of the molecule is CCOC(=O)N1CCN(C(=O)NC(=O)Nc2ccccc2)CC1.Cl. The van der Waals surface area contributed by atoms with E-state index in [2.05, 4.69) is 10.6 Å². The quantitative estimate of drug-likeness (QED) is 0.849. The molecule has 5 amide bonds. The van der Waals surface area contributed by atoms with Crippen LogP contribution in [0.15, 0.2) is 30.3 Å². The monoisotopic (exact) mass is 356 g/mol. The maximum Gasteiger partial charge on any atom is 0.409 e. The van der Waals surface area contributed by atoms with Crippen LogP contribution in [-0.2, 0) is 4.74 Å². The molecule has 1 aromatic carbocycles. The van der Waals surface area contributed by atoms with Gasteiger partial charge in [-0.25, -0.2) is 14.4 Å². The third-order valence-electron chi connectivity index (χ3n) is 3.35. The number of nitrogens with zero attached hydrogens (tertiary/aromatic N) is 2. The summed E-state index contributed by atoms with van der Waals surface area (Å²) >= 11 is 0. The predicted molar refractivity (Wildman–Crippen MR) is 91.4 cm³/mol. The maximum atomic E-state index is 12.0. The average Bonchev–Trinajstić information content (AvgIpc) is 2.56. The molecule has 1 saturated heterocycles. The van der Waals surface area contributed by atoms with Gasteiger partial charge in [0.15, 0.2) is 0 Å². The second kappa shape index (κ2) is 9.61. The first-order chi connectivity index (χ1) is 11.1. The summed E-state index contributed by atoms with van der Waals surface area (Å²) in [4.78, 5) is 38.4. The number of imide groups is 1. The van der Waals surface area contributed by atoms with Gasteiger partial charge in [0.1, 0.15) is 0 Å². The van der Waals surface area contributed by atoms with E-state index < -0.39 is 12.1 Å². The molecule has 1 fully saturated rings. The summed E-state index contributed by atoms with van der Waals surface area (Å²) in [5.41, 5.74) is 0.602. The van der Waals surface area contributed by atoms with Crippen molar-refractivity contribution in [2.75, 3.05) is 38.1 Å². The molecule has 1 heterocycles. The third kappa shape index (κ3) is 5.62. The molecule has 0 spiro atoms. The van der Waals surface area contributed by atoms with Crippen molar-refractivity contribution in [3.8, 4) is 0 Å². The molecule has 1 aromatic rings. The second-order valence-corrected chi connectivity index (χ2v) is 4.92. The van der Waals surface area contributed by atoms with Gasteiger partial charge in [-0.2, -0.15) is 0 Å². The van der Waals surface area contributed by atoms with Gasteiger partial charge >= 0.3 is 18.2 Å². The Hall–Kier alpha value is -2.48. The summed E-state index contributed by atoms with van der Waals surface area (Å²) in [6.45, 7) is 3.53. The molecule has 9 heteroatoms. The number of hydrogen-bond donors (Lipinski definition) is 2. The third-order valence-corrected chi connectivity index (χ3v) is 3.35. The van der Waals surface area contributed by atoms with Crippen LogP contribution in [0.3, 0.4) is 0 Å². The molecule has 24 heavy (non-hydrogen) atoms. The highest BCUT2D eigenvalue weighted by molar-refractivity contribution is 6.00. The van der Waals surface area contributed by atoms with Crippen molar-refractivity contribution in [1.29, 1.82) is 0 Å². The number of anilines is 1. The van der Waals surface area contributed by atoms with Gasteiger partial charge < -0.3 is 19.9 Å². The lowest BCUT2D eigenvalue weighted by Gasteiger charge is -2.33. The van der Waals surface area contributed by atoms with Crippen molar-refractivity contribution in [2.24, 2.45) is 0 Å². The van der Waals surface area contributed by atoms with Gasteiger partial charge in [0.2, 0.25) is 0 Å². The van der Waals surface area contributed by atoms with Crippen LogP contribution in [0.1, 0.15) is 6.92 Å². The predicted octanol–water partition coefficient (Wildman–Crippen LogP) is 2.12. The fourth-order valence-corrected chi connectivity index (χ4v) is 2.17. The van der Waals surface area contributed by atoms with Gasteiger partial charge in [0.25, 0.3) is 0 Å². The first-order valence-corrected chi connectivity index (χ1v) is 7.44. The van der Waals surface area contributed by atoms with Crippen molar-refractivity contribution >= 4 is 36.2 Å². The number of nitrogens with one attached hydrogen (secondary N) is 2. The lowest BCUT2D eigenvalue weighted by molar-refractivity contribution is 0.0855. The summed E-state index contributed by atoms with van der Waals surface area (Å²) in [5, 5.41) is 4.84. The summed E-state index contributed by atoms with van der Waals surface area (Å²) in [7, 11) is 0. The molecule has 8 nitrogen and oxygen atoms in total. The number of hydrogen-bond acceptors (Lipinski definition) is 4. The lowest BCUT2D eigenvalue weighted by Crippen LogP contribution is -2.54. The van der Waals surface area contributed by atoms with Crippen molar-refractivity contribution in [3.05, 3.63) is 30.3 Å². The number of amides is 5. The van der Waals surface area contributed by atoms with E-state index in [1.807, 2.05) is 6.07 Å². The Morgan fingerprint density at radius 3 is 2.21 bits per heavy atom. The Kier molecular flexibility index (Phi) is 7.84. The molecular formula is C15H21ClN4O4. The van der Waals surface area contributed by atoms with E-state index in [0.29, 0.717) is 38.5 Å². The first-order valence-electron chi connectivity index (χ1n) is 7.44. The molecular weight excluding hydrogens is 336 g/mol. The van der Waals surface area contributed by atoms with Gasteiger partial charge in [-0.1, -0.05) is 18.2 Å². The van der Waals surface area contributed by atoms with Crippen LogP contribution in [0.4, 0.5) is 20.1 Å². The zero-order chi connectivity index (χ0) is 16.7. The molecule has 0 saturated carbocycles. The van der Waals surface area contributed by atoms with E-state index in [1.165, 1.54) is 9.80 Å². The van der Waals surface area contributed by atoms with Crippen LogP contribution in [0.2, 0.25) is 0 Å². The van der Waals surface area contributed by atoms with E-state index in [1.54, 1.807) is 31.2 Å². The molecule has 1 aliphatic rings. The zero-order valence-electron chi connectivity index (χ0n) is 13.4. The highest BCUT2D eigenvalue weighted by Crippen LogP contribution is 2.06. The topological polar surface area (TPSA) is 91.0 Å². The number of benzene rings is 1. The van der Waals surface area contributed by atoms with Crippen LogP contribution in [0, 0.1) is 0 Å². The van der Waals surface area contributed by atoms with Crippen LogP contribution < -0.4 is 10.6 Å². The van der Waals surface area contributed by atoms with E-state index in [4.69, 9.17) is 4.74 Å². The molecule has 0 aromatic heterocycles. The van der Waals surface area contributed by atoms with Crippen LogP contribution in [0.25, 0.3) is 0 Å². The van der Waals surface area contributed by atoms with Gasteiger partial charge in [0.05, 0.1) is 6.61 Å². The van der Waals surface area contributed by atoms with Crippen LogP contribution in [0.5, 0.6) is 0 Å². The normalized spacial score (nSPS) is 13.5.